The fourth-order valence-corrected chi connectivity index (χ4v) is 6.57. The summed E-state index contributed by atoms with van der Waals surface area (Å²) in [6.07, 6.45) is 9.80. The highest BCUT2D eigenvalue weighted by Gasteiger charge is 2.35. The molecule has 1 aliphatic carbocycles. The van der Waals surface area contributed by atoms with Crippen LogP contribution in [0, 0.1) is 13.5 Å². The molecular weight excluding hydrogens is 540 g/mol. The number of nitrogens with zero attached hydrogens (tertiary/aromatic N) is 8. The van der Waals surface area contributed by atoms with Crippen LogP contribution in [-0.2, 0) is 17.8 Å². The molecule has 3 aliphatic rings. The number of carbonyl (C=O) groups is 1. The molecular formula is C33H40N8O2. The molecule has 2 aliphatic heterocycles. The highest BCUT2D eigenvalue weighted by molar-refractivity contribution is 5.96. The summed E-state index contributed by atoms with van der Waals surface area (Å²) in [5, 5.41) is 2.35. The van der Waals surface area contributed by atoms with Crippen LogP contribution in [0.15, 0.2) is 43.2 Å². The van der Waals surface area contributed by atoms with Gasteiger partial charge in [-0.25, -0.2) is 6.57 Å². The Hall–Kier alpha value is -4.23. The fourth-order valence-electron chi connectivity index (χ4n) is 6.57. The van der Waals surface area contributed by atoms with Crippen molar-refractivity contribution < 1.29 is 9.53 Å². The molecule has 2 fully saturated rings. The number of amides is 1. The number of anilines is 2. The molecule has 0 unspecified atom stereocenters. The second-order valence-electron chi connectivity index (χ2n) is 11.8. The van der Waals surface area contributed by atoms with Crippen molar-refractivity contribution in [1.82, 2.24) is 24.8 Å². The van der Waals surface area contributed by atoms with Crippen molar-refractivity contribution >= 4 is 28.2 Å². The zero-order chi connectivity index (χ0) is 29.9. The van der Waals surface area contributed by atoms with E-state index in [9.17, 15) is 4.79 Å². The zero-order valence-electron chi connectivity index (χ0n) is 25.2. The Morgan fingerprint density at radius 3 is 2.84 bits per heavy atom. The molecule has 10 heteroatoms. The van der Waals surface area contributed by atoms with Gasteiger partial charge in [0.1, 0.15) is 18.5 Å². The lowest BCUT2D eigenvalue weighted by atomic mass is 9.92. The average Bonchev–Trinajstić information content (AvgIpc) is 2.99. The lowest BCUT2D eigenvalue weighted by molar-refractivity contribution is -0.128. The van der Waals surface area contributed by atoms with Crippen molar-refractivity contribution in [2.75, 3.05) is 62.7 Å². The van der Waals surface area contributed by atoms with Crippen molar-refractivity contribution in [3.63, 3.8) is 0 Å². The van der Waals surface area contributed by atoms with Crippen LogP contribution in [0.2, 0.25) is 0 Å². The van der Waals surface area contributed by atoms with Gasteiger partial charge in [-0.3, -0.25) is 9.78 Å². The molecule has 224 valence electrons. The second-order valence-corrected chi connectivity index (χ2v) is 11.8. The van der Waals surface area contributed by atoms with E-state index in [1.165, 1.54) is 36.3 Å². The first kappa shape index (κ1) is 28.9. The summed E-state index contributed by atoms with van der Waals surface area (Å²) < 4.78 is 6.23. The Labute approximate surface area is 253 Å². The minimum Gasteiger partial charge on any atom is -0.462 e. The van der Waals surface area contributed by atoms with Gasteiger partial charge in [0.15, 0.2) is 0 Å². The molecule has 10 nitrogen and oxygen atoms in total. The minimum atomic E-state index is -0.229. The normalized spacial score (nSPS) is 18.7. The topological polar surface area (TPSA) is 82.3 Å². The van der Waals surface area contributed by atoms with Gasteiger partial charge in [-0.15, -0.1) is 0 Å². The smallest absolute Gasteiger partial charge is 0.318 e. The summed E-state index contributed by atoms with van der Waals surface area (Å²) in [6.45, 7) is 18.0. The third-order valence-corrected chi connectivity index (χ3v) is 9.25. The van der Waals surface area contributed by atoms with Crippen molar-refractivity contribution in [2.24, 2.45) is 0 Å². The van der Waals surface area contributed by atoms with Crippen molar-refractivity contribution in [1.29, 1.82) is 0 Å². The maximum Gasteiger partial charge on any atom is 0.318 e. The van der Waals surface area contributed by atoms with E-state index < -0.39 is 0 Å². The number of hydrogen-bond donors (Lipinski definition) is 0. The second kappa shape index (κ2) is 12.6. The van der Waals surface area contributed by atoms with Gasteiger partial charge < -0.3 is 29.2 Å². The first-order valence-corrected chi connectivity index (χ1v) is 15.3. The van der Waals surface area contributed by atoms with Crippen LogP contribution in [0.3, 0.4) is 0 Å². The average molecular weight is 581 g/mol. The molecule has 1 saturated heterocycles. The molecule has 1 aromatic carbocycles. The number of carbonyl (C=O) groups excluding carboxylic acids is 1. The highest BCUT2D eigenvalue weighted by Crippen LogP contribution is 2.35. The van der Waals surface area contributed by atoms with Gasteiger partial charge in [-0.2, -0.15) is 9.97 Å². The summed E-state index contributed by atoms with van der Waals surface area (Å²) >= 11 is 0. The lowest BCUT2D eigenvalue weighted by Gasteiger charge is -2.41. The number of rotatable bonds is 9. The van der Waals surface area contributed by atoms with E-state index in [4.69, 9.17) is 21.3 Å². The lowest BCUT2D eigenvalue weighted by Crippen LogP contribution is -2.56. The number of ether oxygens (including phenoxy) is 1. The van der Waals surface area contributed by atoms with Crippen LogP contribution < -0.4 is 14.5 Å². The molecule has 43 heavy (non-hydrogen) atoms. The van der Waals surface area contributed by atoms with E-state index >= 15 is 0 Å². The number of aromatic nitrogens is 3. The van der Waals surface area contributed by atoms with E-state index in [0.717, 1.165) is 47.7 Å². The molecule has 0 bridgehead atoms. The Morgan fingerprint density at radius 2 is 2.07 bits per heavy atom. The van der Waals surface area contributed by atoms with Gasteiger partial charge in [0.05, 0.1) is 24.1 Å². The number of hydrogen-bond acceptors (Lipinski definition) is 8. The SMILES string of the molecule is [C-]#[N+]C[C@H]1CN(c2nc(OCCN(C)C3CCC3)nc3c2CCN(c2cncc4cccc(C)c24)C3)CCN1C(=O)C=C. The van der Waals surface area contributed by atoms with Crippen LogP contribution in [0.1, 0.15) is 36.1 Å². The number of pyridine rings is 1. The van der Waals surface area contributed by atoms with Crippen molar-refractivity contribution in [3.05, 3.63) is 71.5 Å². The Balaban J connectivity index is 1.30. The molecule has 0 N–H and O–H groups in total. The summed E-state index contributed by atoms with van der Waals surface area (Å²) in [7, 11) is 2.16. The molecule has 1 amide bonds. The van der Waals surface area contributed by atoms with Crippen molar-refractivity contribution in [2.45, 2.75) is 51.2 Å². The minimum absolute atomic E-state index is 0.132. The number of likely N-dealkylation sites (N-methyl/N-ethyl adjacent to an activating group) is 1. The van der Waals surface area contributed by atoms with Gasteiger partial charge in [0.25, 0.3) is 0 Å². The maximum atomic E-state index is 12.5. The number of piperazine rings is 1. The number of aryl methyl sites for hydroxylation is 1. The van der Waals surface area contributed by atoms with E-state index in [-0.39, 0.29) is 18.5 Å². The van der Waals surface area contributed by atoms with Gasteiger partial charge in [0, 0.05) is 61.3 Å². The standard InChI is InChI=1S/C33H40N8O2/c1-5-30(42)41-15-14-40(21-26(41)19-34-3)32-27-12-13-39(29-20-35-18-24-9-6-8-23(2)31(24)29)22-28(27)36-33(37-32)43-17-16-38(4)25-10-7-11-25/h5-6,8-9,18,20,25-26H,1,7,10-17,19,21-22H2,2,4H3/t26-/m0/s1. The molecule has 3 aromatic rings. The number of benzene rings is 1. The summed E-state index contributed by atoms with van der Waals surface area (Å²) in [5.41, 5.74) is 4.40. The Bertz CT molecular complexity index is 1540. The summed E-state index contributed by atoms with van der Waals surface area (Å²) in [5.74, 6) is 0.729. The molecule has 6 rings (SSSR count). The van der Waals surface area contributed by atoms with Crippen LogP contribution in [0.25, 0.3) is 15.6 Å². The predicted molar refractivity (Wildman–Crippen MR) is 168 cm³/mol. The first-order valence-electron chi connectivity index (χ1n) is 15.3. The van der Waals surface area contributed by atoms with E-state index in [1.54, 1.807) is 4.90 Å². The van der Waals surface area contributed by atoms with Gasteiger partial charge >= 0.3 is 6.01 Å². The third kappa shape index (κ3) is 5.87. The molecule has 1 saturated carbocycles. The maximum absolute atomic E-state index is 12.5. The predicted octanol–water partition coefficient (Wildman–Crippen LogP) is 3.88. The number of fused-ring (bicyclic) bond motifs is 2. The third-order valence-electron chi connectivity index (χ3n) is 9.25. The zero-order valence-corrected chi connectivity index (χ0v) is 25.2. The van der Waals surface area contributed by atoms with E-state index in [0.29, 0.717) is 44.8 Å². The summed E-state index contributed by atoms with van der Waals surface area (Å²) in [4.78, 5) is 39.4. The summed E-state index contributed by atoms with van der Waals surface area (Å²) in [6, 6.07) is 7.13. The Kier molecular flexibility index (Phi) is 8.43. The highest BCUT2D eigenvalue weighted by atomic mass is 16.5. The molecule has 0 radical (unpaired) electrons. The van der Waals surface area contributed by atoms with Crippen LogP contribution >= 0.6 is 0 Å². The van der Waals surface area contributed by atoms with Gasteiger partial charge in [-0.05, 0) is 44.9 Å². The Morgan fingerprint density at radius 1 is 1.21 bits per heavy atom. The van der Waals surface area contributed by atoms with Gasteiger partial charge in [0.2, 0.25) is 12.5 Å². The molecule has 4 heterocycles. The molecule has 0 spiro atoms. The van der Waals surface area contributed by atoms with Gasteiger partial charge in [-0.1, -0.05) is 31.2 Å². The van der Waals surface area contributed by atoms with Crippen LogP contribution in [-0.4, -0.2) is 95.7 Å². The van der Waals surface area contributed by atoms with Crippen LogP contribution in [0.5, 0.6) is 6.01 Å². The first-order chi connectivity index (χ1) is 21.0. The molecule has 2 aromatic heterocycles. The molecule has 1 atom stereocenters. The fraction of sp³-hybridized carbons (Fsp3) is 0.485. The van der Waals surface area contributed by atoms with E-state index in [2.05, 4.69) is 63.3 Å². The van der Waals surface area contributed by atoms with Crippen LogP contribution in [0.4, 0.5) is 11.5 Å². The van der Waals surface area contributed by atoms with Crippen molar-refractivity contribution in [3.8, 4) is 6.01 Å². The largest absolute Gasteiger partial charge is 0.462 e. The monoisotopic (exact) mass is 580 g/mol. The quantitative estimate of drug-likeness (QED) is 0.279. The van der Waals surface area contributed by atoms with E-state index in [1.807, 2.05) is 12.4 Å².